The summed E-state index contributed by atoms with van der Waals surface area (Å²) in [5.74, 6) is 0.599. The van der Waals surface area contributed by atoms with Gasteiger partial charge in [0.15, 0.2) is 6.29 Å². The topological polar surface area (TPSA) is 34.4 Å². The number of aromatic nitrogens is 2. The van der Waals surface area contributed by atoms with Crippen molar-refractivity contribution < 1.29 is 4.79 Å². The standard InChI is InChI=1S/C11H10N2O/c14-6-11-10(8-1-2-8)4-3-9-5-12-7-13(9)11/h3-8H,1-2H2. The van der Waals surface area contributed by atoms with Crippen LogP contribution in [-0.4, -0.2) is 15.7 Å². The molecule has 70 valence electrons. The second kappa shape index (κ2) is 2.67. The van der Waals surface area contributed by atoms with E-state index in [1.807, 2.05) is 10.5 Å². The Morgan fingerprint density at radius 1 is 1.43 bits per heavy atom. The number of hydrogen-bond acceptors (Lipinski definition) is 2. The summed E-state index contributed by atoms with van der Waals surface area (Å²) in [7, 11) is 0. The van der Waals surface area contributed by atoms with Crippen LogP contribution in [0.25, 0.3) is 5.52 Å². The van der Waals surface area contributed by atoms with E-state index >= 15 is 0 Å². The summed E-state index contributed by atoms with van der Waals surface area (Å²) in [6, 6.07) is 4.08. The first-order valence-electron chi connectivity index (χ1n) is 4.80. The van der Waals surface area contributed by atoms with E-state index in [4.69, 9.17) is 0 Å². The molecule has 1 aliphatic carbocycles. The maximum atomic E-state index is 11.0. The number of rotatable bonds is 2. The number of carbonyl (C=O) groups is 1. The van der Waals surface area contributed by atoms with Crippen LogP contribution >= 0.6 is 0 Å². The first kappa shape index (κ1) is 7.74. The minimum absolute atomic E-state index is 0.599. The molecule has 0 spiro atoms. The second-order valence-corrected chi connectivity index (χ2v) is 3.75. The van der Waals surface area contributed by atoms with Gasteiger partial charge in [0, 0.05) is 0 Å². The van der Waals surface area contributed by atoms with Crippen LogP contribution in [0.4, 0.5) is 0 Å². The predicted molar refractivity (Wildman–Crippen MR) is 52.6 cm³/mol. The number of carbonyl (C=O) groups excluding carboxylic acids is 1. The zero-order chi connectivity index (χ0) is 9.54. The molecular formula is C11H10N2O. The molecular weight excluding hydrogens is 176 g/mol. The molecule has 2 aromatic rings. The molecule has 3 heteroatoms. The molecule has 0 N–H and O–H groups in total. The summed E-state index contributed by atoms with van der Waals surface area (Å²) in [6.07, 6.45) is 6.82. The minimum atomic E-state index is 0.599. The fourth-order valence-electron chi connectivity index (χ4n) is 1.89. The lowest BCUT2D eigenvalue weighted by molar-refractivity contribution is 0.111. The first-order chi connectivity index (χ1) is 6.90. The van der Waals surface area contributed by atoms with Crippen molar-refractivity contribution in [2.75, 3.05) is 0 Å². The molecule has 0 unspecified atom stereocenters. The fraction of sp³-hybridized carbons (Fsp3) is 0.273. The summed E-state index contributed by atoms with van der Waals surface area (Å²) in [5, 5.41) is 0. The Kier molecular flexibility index (Phi) is 1.48. The summed E-state index contributed by atoms with van der Waals surface area (Å²) in [6.45, 7) is 0. The van der Waals surface area contributed by atoms with Gasteiger partial charge in [-0.05, 0) is 30.4 Å². The average Bonchev–Trinajstić information content (AvgIpc) is 2.94. The van der Waals surface area contributed by atoms with E-state index in [0.717, 1.165) is 17.5 Å². The SMILES string of the molecule is O=Cc1c(C2CC2)ccc2cncn12. The highest BCUT2D eigenvalue weighted by Gasteiger charge is 2.26. The lowest BCUT2D eigenvalue weighted by atomic mass is 10.1. The lowest BCUT2D eigenvalue weighted by Crippen LogP contribution is -1.99. The minimum Gasteiger partial charge on any atom is -0.296 e. The summed E-state index contributed by atoms with van der Waals surface area (Å²) in [5.41, 5.74) is 2.92. The van der Waals surface area contributed by atoms with E-state index in [9.17, 15) is 4.79 Å². The normalized spacial score (nSPS) is 16.0. The van der Waals surface area contributed by atoms with Crippen molar-refractivity contribution in [2.24, 2.45) is 0 Å². The van der Waals surface area contributed by atoms with Crippen molar-refractivity contribution in [3.05, 3.63) is 35.9 Å². The number of imidazole rings is 1. The molecule has 0 atom stereocenters. The van der Waals surface area contributed by atoms with Gasteiger partial charge in [-0.15, -0.1) is 0 Å². The van der Waals surface area contributed by atoms with E-state index in [2.05, 4.69) is 11.1 Å². The quantitative estimate of drug-likeness (QED) is 0.672. The number of aldehydes is 1. The van der Waals surface area contributed by atoms with Crippen molar-refractivity contribution in [1.29, 1.82) is 0 Å². The predicted octanol–water partition coefficient (Wildman–Crippen LogP) is 2.02. The number of pyridine rings is 1. The molecule has 0 aromatic carbocycles. The van der Waals surface area contributed by atoms with Crippen LogP contribution in [-0.2, 0) is 0 Å². The van der Waals surface area contributed by atoms with Crippen molar-refractivity contribution in [2.45, 2.75) is 18.8 Å². The average molecular weight is 186 g/mol. The summed E-state index contributed by atoms with van der Waals surface area (Å²) in [4.78, 5) is 15.1. The Labute approximate surface area is 81.4 Å². The van der Waals surface area contributed by atoms with Crippen molar-refractivity contribution in [3.63, 3.8) is 0 Å². The van der Waals surface area contributed by atoms with Crippen LogP contribution in [0.5, 0.6) is 0 Å². The summed E-state index contributed by atoms with van der Waals surface area (Å²) >= 11 is 0. The third-order valence-corrected chi connectivity index (χ3v) is 2.78. The number of nitrogens with zero attached hydrogens (tertiary/aromatic N) is 2. The largest absolute Gasteiger partial charge is 0.296 e. The highest BCUT2D eigenvalue weighted by atomic mass is 16.1. The van der Waals surface area contributed by atoms with Gasteiger partial charge in [0.05, 0.1) is 23.7 Å². The van der Waals surface area contributed by atoms with Crippen molar-refractivity contribution >= 4 is 11.8 Å². The molecule has 0 amide bonds. The first-order valence-corrected chi connectivity index (χ1v) is 4.80. The van der Waals surface area contributed by atoms with E-state index < -0.39 is 0 Å². The van der Waals surface area contributed by atoms with Crippen molar-refractivity contribution in [1.82, 2.24) is 9.38 Å². The van der Waals surface area contributed by atoms with Gasteiger partial charge < -0.3 is 0 Å². The van der Waals surface area contributed by atoms with Gasteiger partial charge in [-0.25, -0.2) is 4.98 Å². The van der Waals surface area contributed by atoms with Crippen LogP contribution < -0.4 is 0 Å². The van der Waals surface area contributed by atoms with Gasteiger partial charge in [-0.3, -0.25) is 9.20 Å². The van der Waals surface area contributed by atoms with E-state index in [0.29, 0.717) is 5.92 Å². The summed E-state index contributed by atoms with van der Waals surface area (Å²) < 4.78 is 1.86. The highest BCUT2D eigenvalue weighted by molar-refractivity contribution is 5.77. The third-order valence-electron chi connectivity index (χ3n) is 2.78. The van der Waals surface area contributed by atoms with Crippen LogP contribution in [0.3, 0.4) is 0 Å². The highest BCUT2D eigenvalue weighted by Crippen LogP contribution is 2.41. The van der Waals surface area contributed by atoms with Gasteiger partial charge in [0.1, 0.15) is 0 Å². The Hall–Kier alpha value is -1.64. The van der Waals surface area contributed by atoms with E-state index in [-0.39, 0.29) is 0 Å². The zero-order valence-corrected chi connectivity index (χ0v) is 7.68. The Morgan fingerprint density at radius 3 is 3.00 bits per heavy atom. The maximum Gasteiger partial charge on any atom is 0.167 e. The number of hydrogen-bond donors (Lipinski definition) is 0. The van der Waals surface area contributed by atoms with Gasteiger partial charge >= 0.3 is 0 Å². The molecule has 3 rings (SSSR count). The van der Waals surface area contributed by atoms with Crippen LogP contribution in [0.2, 0.25) is 0 Å². The van der Waals surface area contributed by atoms with Crippen LogP contribution in [0, 0.1) is 0 Å². The lowest BCUT2D eigenvalue weighted by Gasteiger charge is -2.05. The molecule has 14 heavy (non-hydrogen) atoms. The van der Waals surface area contributed by atoms with Gasteiger partial charge in [-0.1, -0.05) is 6.07 Å². The molecule has 0 aliphatic heterocycles. The maximum absolute atomic E-state index is 11.0. The molecule has 1 saturated carbocycles. The smallest absolute Gasteiger partial charge is 0.167 e. The van der Waals surface area contributed by atoms with Crippen molar-refractivity contribution in [3.8, 4) is 0 Å². The molecule has 2 aromatic heterocycles. The number of fused-ring (bicyclic) bond motifs is 1. The zero-order valence-electron chi connectivity index (χ0n) is 7.68. The molecule has 0 saturated heterocycles. The Balaban J connectivity index is 2.33. The van der Waals surface area contributed by atoms with Crippen LogP contribution in [0.1, 0.15) is 34.8 Å². The third kappa shape index (κ3) is 0.985. The molecule has 3 nitrogen and oxygen atoms in total. The molecule has 1 fully saturated rings. The van der Waals surface area contributed by atoms with Gasteiger partial charge in [0.2, 0.25) is 0 Å². The Morgan fingerprint density at radius 2 is 2.29 bits per heavy atom. The molecule has 2 heterocycles. The molecule has 1 aliphatic rings. The molecule has 0 bridgehead atoms. The Bertz CT molecular complexity index is 497. The monoisotopic (exact) mass is 186 g/mol. The van der Waals surface area contributed by atoms with Gasteiger partial charge in [-0.2, -0.15) is 0 Å². The molecule has 0 radical (unpaired) electrons. The van der Waals surface area contributed by atoms with Crippen LogP contribution in [0.15, 0.2) is 24.7 Å². The van der Waals surface area contributed by atoms with E-state index in [1.165, 1.54) is 18.4 Å². The van der Waals surface area contributed by atoms with E-state index in [1.54, 1.807) is 12.5 Å². The van der Waals surface area contributed by atoms with Gasteiger partial charge in [0.25, 0.3) is 0 Å². The second-order valence-electron chi connectivity index (χ2n) is 3.75. The fourth-order valence-corrected chi connectivity index (χ4v) is 1.89.